The first-order valence-electron chi connectivity index (χ1n) is 7.48. The highest BCUT2D eigenvalue weighted by Crippen LogP contribution is 2.28. The molecule has 0 bridgehead atoms. The quantitative estimate of drug-likeness (QED) is 0.938. The number of carbonyl (C=O) groups is 1. The fraction of sp³-hybridized carbons (Fsp3) is 0.412. The molecule has 1 aliphatic rings. The summed E-state index contributed by atoms with van der Waals surface area (Å²) < 4.78 is 1.59. The second-order valence-electron chi connectivity index (χ2n) is 5.81. The Kier molecular flexibility index (Phi) is 3.64. The number of aryl methyl sites for hydroxylation is 1. The van der Waals surface area contributed by atoms with Crippen LogP contribution in [0.5, 0.6) is 0 Å². The van der Waals surface area contributed by atoms with E-state index in [0.29, 0.717) is 6.54 Å². The second kappa shape index (κ2) is 5.45. The minimum Gasteiger partial charge on any atom is -0.330 e. The third kappa shape index (κ3) is 2.40. The van der Waals surface area contributed by atoms with Crippen LogP contribution in [-0.4, -0.2) is 22.2 Å². The second-order valence-corrected chi connectivity index (χ2v) is 5.81. The zero-order valence-electron chi connectivity index (χ0n) is 12.6. The maximum atomic E-state index is 12.8. The van der Waals surface area contributed by atoms with Gasteiger partial charge in [0.2, 0.25) is 0 Å². The number of aromatic nitrogens is 2. The average Bonchev–Trinajstić information content (AvgIpc) is 3.03. The molecule has 1 heterocycles. The van der Waals surface area contributed by atoms with Crippen molar-refractivity contribution >= 4 is 5.91 Å². The Morgan fingerprint density at radius 3 is 2.48 bits per heavy atom. The lowest BCUT2D eigenvalue weighted by atomic mass is 10.1. The maximum absolute atomic E-state index is 12.8. The van der Waals surface area contributed by atoms with Crippen molar-refractivity contribution in [1.29, 1.82) is 0 Å². The Morgan fingerprint density at radius 1 is 1.29 bits per heavy atom. The van der Waals surface area contributed by atoms with E-state index in [0.717, 1.165) is 36.2 Å². The van der Waals surface area contributed by atoms with E-state index in [1.165, 1.54) is 11.1 Å². The van der Waals surface area contributed by atoms with Gasteiger partial charge < -0.3 is 5.73 Å². The number of hydrogen-bond donors (Lipinski definition) is 1. The van der Waals surface area contributed by atoms with Crippen molar-refractivity contribution < 1.29 is 4.79 Å². The van der Waals surface area contributed by atoms with Crippen LogP contribution in [0.1, 0.15) is 32.9 Å². The lowest BCUT2D eigenvalue weighted by Gasteiger charge is -2.09. The summed E-state index contributed by atoms with van der Waals surface area (Å²) in [5, 5.41) is 4.45. The molecule has 1 aromatic carbocycles. The summed E-state index contributed by atoms with van der Waals surface area (Å²) in [7, 11) is 0. The molecule has 0 saturated heterocycles. The van der Waals surface area contributed by atoms with Crippen LogP contribution in [0.25, 0.3) is 0 Å². The standard InChI is InChI=1S/C17H21N3O/c1-11-16(7-8-18)12(2)20(19-11)17(21)15-9-13-5-3-4-6-14(13)10-15/h3-6,15H,7-10,18H2,1-2H3. The minimum atomic E-state index is 0.00567. The summed E-state index contributed by atoms with van der Waals surface area (Å²) in [6.45, 7) is 4.49. The number of rotatable bonds is 3. The highest BCUT2D eigenvalue weighted by atomic mass is 16.2. The molecule has 4 heteroatoms. The van der Waals surface area contributed by atoms with Crippen LogP contribution >= 0.6 is 0 Å². The normalized spacial score (nSPS) is 14.4. The summed E-state index contributed by atoms with van der Waals surface area (Å²) in [4.78, 5) is 12.8. The Hall–Kier alpha value is -1.94. The van der Waals surface area contributed by atoms with Gasteiger partial charge in [-0.2, -0.15) is 5.10 Å². The molecule has 0 atom stereocenters. The molecule has 1 aliphatic carbocycles. The Morgan fingerprint density at radius 2 is 1.90 bits per heavy atom. The van der Waals surface area contributed by atoms with Crippen LogP contribution in [0.4, 0.5) is 0 Å². The highest BCUT2D eigenvalue weighted by molar-refractivity contribution is 5.83. The molecular weight excluding hydrogens is 262 g/mol. The minimum absolute atomic E-state index is 0.00567. The predicted octanol–water partition coefficient (Wildman–Crippen LogP) is 2.06. The van der Waals surface area contributed by atoms with Crippen LogP contribution in [0.3, 0.4) is 0 Å². The lowest BCUT2D eigenvalue weighted by Crippen LogP contribution is -2.24. The fourth-order valence-corrected chi connectivity index (χ4v) is 3.30. The van der Waals surface area contributed by atoms with E-state index in [4.69, 9.17) is 5.73 Å². The van der Waals surface area contributed by atoms with Gasteiger partial charge in [-0.1, -0.05) is 24.3 Å². The van der Waals surface area contributed by atoms with Gasteiger partial charge in [0.25, 0.3) is 5.91 Å². The van der Waals surface area contributed by atoms with Gasteiger partial charge in [-0.25, -0.2) is 4.68 Å². The first-order valence-corrected chi connectivity index (χ1v) is 7.48. The molecule has 2 N–H and O–H groups in total. The largest absolute Gasteiger partial charge is 0.330 e. The van der Waals surface area contributed by atoms with Crippen LogP contribution in [0, 0.1) is 19.8 Å². The SMILES string of the molecule is Cc1nn(C(=O)C2Cc3ccccc3C2)c(C)c1CCN. The van der Waals surface area contributed by atoms with Gasteiger partial charge >= 0.3 is 0 Å². The van der Waals surface area contributed by atoms with Crippen molar-refractivity contribution in [3.8, 4) is 0 Å². The van der Waals surface area contributed by atoms with Crippen molar-refractivity contribution in [3.05, 3.63) is 52.3 Å². The Labute approximate surface area is 125 Å². The molecule has 0 fully saturated rings. The summed E-state index contributed by atoms with van der Waals surface area (Å²) in [5.74, 6) is 0.112. The molecule has 110 valence electrons. The number of fused-ring (bicyclic) bond motifs is 1. The highest BCUT2D eigenvalue weighted by Gasteiger charge is 2.30. The molecule has 0 unspecified atom stereocenters. The van der Waals surface area contributed by atoms with Gasteiger partial charge in [0.1, 0.15) is 0 Å². The van der Waals surface area contributed by atoms with Crippen LogP contribution in [-0.2, 0) is 19.3 Å². The molecule has 0 amide bonds. The molecule has 1 aromatic heterocycles. The lowest BCUT2D eigenvalue weighted by molar-refractivity contribution is 0.0819. The average molecular weight is 283 g/mol. The van der Waals surface area contributed by atoms with Gasteiger partial charge in [0.15, 0.2) is 0 Å². The number of nitrogens with zero attached hydrogens (tertiary/aromatic N) is 2. The molecule has 0 radical (unpaired) electrons. The molecule has 21 heavy (non-hydrogen) atoms. The number of carbonyl (C=O) groups excluding carboxylic acids is 1. The summed E-state index contributed by atoms with van der Waals surface area (Å²) in [6.07, 6.45) is 2.41. The summed E-state index contributed by atoms with van der Waals surface area (Å²) in [5.41, 5.74) is 11.2. The van der Waals surface area contributed by atoms with E-state index in [9.17, 15) is 4.79 Å². The topological polar surface area (TPSA) is 60.9 Å². The van der Waals surface area contributed by atoms with Crippen molar-refractivity contribution in [2.45, 2.75) is 33.1 Å². The Balaban J connectivity index is 1.86. The van der Waals surface area contributed by atoms with Crippen molar-refractivity contribution in [3.63, 3.8) is 0 Å². The Bertz CT molecular complexity index is 662. The van der Waals surface area contributed by atoms with Gasteiger partial charge in [-0.3, -0.25) is 4.79 Å². The van der Waals surface area contributed by atoms with Gasteiger partial charge in [-0.05, 0) is 56.3 Å². The molecule has 0 saturated carbocycles. The smallest absolute Gasteiger partial charge is 0.250 e. The van der Waals surface area contributed by atoms with E-state index in [1.807, 2.05) is 26.0 Å². The van der Waals surface area contributed by atoms with E-state index >= 15 is 0 Å². The zero-order valence-corrected chi connectivity index (χ0v) is 12.6. The van der Waals surface area contributed by atoms with Crippen LogP contribution < -0.4 is 5.73 Å². The third-order valence-electron chi connectivity index (χ3n) is 4.44. The molecule has 3 rings (SSSR count). The number of hydrogen-bond acceptors (Lipinski definition) is 3. The van der Waals surface area contributed by atoms with Crippen molar-refractivity contribution in [2.24, 2.45) is 11.7 Å². The van der Waals surface area contributed by atoms with Gasteiger partial charge in [0.05, 0.1) is 5.69 Å². The molecule has 0 spiro atoms. The predicted molar refractivity (Wildman–Crippen MR) is 82.4 cm³/mol. The van der Waals surface area contributed by atoms with E-state index in [2.05, 4.69) is 17.2 Å². The van der Waals surface area contributed by atoms with Crippen LogP contribution in [0.2, 0.25) is 0 Å². The van der Waals surface area contributed by atoms with E-state index in [1.54, 1.807) is 4.68 Å². The van der Waals surface area contributed by atoms with Gasteiger partial charge in [-0.15, -0.1) is 0 Å². The molecule has 2 aromatic rings. The van der Waals surface area contributed by atoms with E-state index < -0.39 is 0 Å². The molecule has 4 nitrogen and oxygen atoms in total. The summed E-state index contributed by atoms with van der Waals surface area (Å²) >= 11 is 0. The van der Waals surface area contributed by atoms with E-state index in [-0.39, 0.29) is 11.8 Å². The van der Waals surface area contributed by atoms with Crippen LogP contribution in [0.15, 0.2) is 24.3 Å². The van der Waals surface area contributed by atoms with Crippen molar-refractivity contribution in [2.75, 3.05) is 6.54 Å². The summed E-state index contributed by atoms with van der Waals surface area (Å²) in [6, 6.07) is 8.30. The number of benzene rings is 1. The maximum Gasteiger partial charge on any atom is 0.250 e. The van der Waals surface area contributed by atoms with Crippen molar-refractivity contribution in [1.82, 2.24) is 9.78 Å². The first kappa shape index (κ1) is 14.0. The zero-order chi connectivity index (χ0) is 15.0. The monoisotopic (exact) mass is 283 g/mol. The molecular formula is C17H21N3O. The first-order chi connectivity index (χ1) is 10.1. The fourth-order valence-electron chi connectivity index (χ4n) is 3.30. The molecule has 0 aliphatic heterocycles. The van der Waals surface area contributed by atoms with Gasteiger partial charge in [0, 0.05) is 11.6 Å². The number of nitrogens with two attached hydrogens (primary N) is 1. The third-order valence-corrected chi connectivity index (χ3v) is 4.44.